The Balaban J connectivity index is 1.12. The summed E-state index contributed by atoms with van der Waals surface area (Å²) in [4.78, 5) is 27.1. The van der Waals surface area contributed by atoms with Crippen LogP contribution in [-0.2, 0) is 11.3 Å². The number of halogens is 2. The van der Waals surface area contributed by atoms with Gasteiger partial charge < -0.3 is 20.0 Å². The van der Waals surface area contributed by atoms with E-state index in [1.807, 2.05) is 54.6 Å². The van der Waals surface area contributed by atoms with Gasteiger partial charge in [0.1, 0.15) is 11.3 Å². The third kappa shape index (κ3) is 4.98. The molecule has 174 valence electrons. The number of hydrogen-bond donors (Lipinski definition) is 2. The number of nitrogens with zero attached hydrogens (tertiary/aromatic N) is 1. The smallest absolute Gasteiger partial charge is 0.321 e. The first-order valence-corrected chi connectivity index (χ1v) is 11.9. The molecule has 6 nitrogen and oxygen atoms in total. The molecule has 1 fully saturated rings. The minimum absolute atomic E-state index is 0.0215. The van der Waals surface area contributed by atoms with Crippen LogP contribution in [0, 0.1) is 5.92 Å². The lowest BCUT2D eigenvalue weighted by molar-refractivity contribution is -0.126. The van der Waals surface area contributed by atoms with Gasteiger partial charge in [-0.1, -0.05) is 35.3 Å². The van der Waals surface area contributed by atoms with Gasteiger partial charge in [-0.15, -0.1) is 0 Å². The fourth-order valence-electron chi connectivity index (χ4n) is 4.32. The number of rotatable bonds is 4. The van der Waals surface area contributed by atoms with Crippen LogP contribution in [-0.4, -0.2) is 29.9 Å². The van der Waals surface area contributed by atoms with Crippen molar-refractivity contribution >= 4 is 62.6 Å². The summed E-state index contributed by atoms with van der Waals surface area (Å²) >= 11 is 12.1. The van der Waals surface area contributed by atoms with E-state index < -0.39 is 0 Å². The monoisotopic (exact) mass is 495 g/mol. The number of benzene rings is 3. The topological polar surface area (TPSA) is 74.6 Å². The van der Waals surface area contributed by atoms with Crippen LogP contribution in [0.2, 0.25) is 10.0 Å². The summed E-state index contributed by atoms with van der Waals surface area (Å²) in [7, 11) is 0. The van der Waals surface area contributed by atoms with Crippen molar-refractivity contribution < 1.29 is 14.0 Å². The Bertz CT molecular complexity index is 1380. The second kappa shape index (κ2) is 9.57. The number of amides is 3. The van der Waals surface area contributed by atoms with E-state index in [0.29, 0.717) is 48.3 Å². The Morgan fingerprint density at radius 3 is 2.35 bits per heavy atom. The Morgan fingerprint density at radius 2 is 1.56 bits per heavy atom. The fraction of sp³-hybridized carbons (Fsp3) is 0.231. The average molecular weight is 496 g/mol. The molecule has 34 heavy (non-hydrogen) atoms. The molecule has 0 aliphatic carbocycles. The average Bonchev–Trinajstić information content (AvgIpc) is 3.24. The van der Waals surface area contributed by atoms with Gasteiger partial charge in [-0.3, -0.25) is 4.79 Å². The molecule has 2 N–H and O–H groups in total. The largest absolute Gasteiger partial charge is 0.459 e. The molecule has 1 aromatic heterocycles. The van der Waals surface area contributed by atoms with E-state index in [0.717, 1.165) is 27.4 Å². The van der Waals surface area contributed by atoms with Crippen molar-refractivity contribution in [3.63, 3.8) is 0 Å². The van der Waals surface area contributed by atoms with E-state index in [1.165, 1.54) is 0 Å². The fourth-order valence-corrected chi connectivity index (χ4v) is 4.68. The molecule has 4 aromatic rings. The second-order valence-electron chi connectivity index (χ2n) is 8.51. The van der Waals surface area contributed by atoms with Crippen LogP contribution in [0.15, 0.2) is 65.1 Å². The third-order valence-electron chi connectivity index (χ3n) is 6.17. The van der Waals surface area contributed by atoms with Gasteiger partial charge in [-0.2, -0.15) is 0 Å². The zero-order chi connectivity index (χ0) is 23.7. The molecule has 3 amide bonds. The molecule has 0 atom stereocenters. The summed E-state index contributed by atoms with van der Waals surface area (Å²) in [5.41, 5.74) is 1.47. The van der Waals surface area contributed by atoms with Crippen molar-refractivity contribution in [2.75, 3.05) is 18.4 Å². The Hall–Kier alpha value is -3.22. The van der Waals surface area contributed by atoms with Gasteiger partial charge in [0.15, 0.2) is 0 Å². The van der Waals surface area contributed by atoms with Crippen molar-refractivity contribution in [3.8, 4) is 0 Å². The maximum Gasteiger partial charge on any atom is 0.321 e. The van der Waals surface area contributed by atoms with Gasteiger partial charge >= 0.3 is 6.03 Å². The van der Waals surface area contributed by atoms with Crippen LogP contribution < -0.4 is 10.6 Å². The van der Waals surface area contributed by atoms with Crippen molar-refractivity contribution in [2.24, 2.45) is 5.92 Å². The number of carbonyl (C=O) groups excluding carboxylic acids is 2. The number of nitrogens with one attached hydrogen (secondary N) is 2. The van der Waals surface area contributed by atoms with E-state index in [1.54, 1.807) is 11.0 Å². The van der Waals surface area contributed by atoms with Crippen molar-refractivity contribution in [1.29, 1.82) is 0 Å². The lowest BCUT2D eigenvalue weighted by atomic mass is 9.96. The predicted octanol–water partition coefficient (Wildman–Crippen LogP) is 6.45. The number of likely N-dealkylation sites (tertiary alicyclic amines) is 1. The zero-order valence-corrected chi connectivity index (χ0v) is 19.8. The second-order valence-corrected chi connectivity index (χ2v) is 9.38. The number of urea groups is 1. The minimum Gasteiger partial charge on any atom is -0.459 e. The van der Waals surface area contributed by atoms with Crippen LogP contribution in [0.3, 0.4) is 0 Å². The summed E-state index contributed by atoms with van der Waals surface area (Å²) in [5.74, 6) is 0.528. The van der Waals surface area contributed by atoms with Crippen LogP contribution in [0.1, 0.15) is 18.6 Å². The standard InChI is InChI=1S/C26H23Cl2N3O3/c27-20-3-1-18-13-22(5-2-17(18)11-20)30-26(33)31-9-7-16(8-10-31)25(32)29-15-23-14-19-12-21(28)4-6-24(19)34-23/h1-6,11-14,16H,7-10,15H2,(H,29,32)(H,30,33). The van der Waals surface area contributed by atoms with Gasteiger partial charge in [0.25, 0.3) is 0 Å². The summed E-state index contributed by atoms with van der Waals surface area (Å²) in [6.45, 7) is 1.37. The van der Waals surface area contributed by atoms with Crippen LogP contribution >= 0.6 is 23.2 Å². The molecule has 0 saturated carbocycles. The van der Waals surface area contributed by atoms with Gasteiger partial charge in [-0.25, -0.2) is 4.79 Å². The molecular weight excluding hydrogens is 473 g/mol. The zero-order valence-electron chi connectivity index (χ0n) is 18.3. The molecule has 1 saturated heterocycles. The first-order valence-electron chi connectivity index (χ1n) is 11.2. The van der Waals surface area contributed by atoms with Gasteiger partial charge in [0.05, 0.1) is 6.54 Å². The number of piperidine rings is 1. The summed E-state index contributed by atoms with van der Waals surface area (Å²) < 4.78 is 5.76. The van der Waals surface area contributed by atoms with Gasteiger partial charge in [0, 0.05) is 40.1 Å². The lowest BCUT2D eigenvalue weighted by Crippen LogP contribution is -2.44. The lowest BCUT2D eigenvalue weighted by Gasteiger charge is -2.31. The highest BCUT2D eigenvalue weighted by molar-refractivity contribution is 6.31. The first-order chi connectivity index (χ1) is 16.4. The van der Waals surface area contributed by atoms with Crippen LogP contribution in [0.4, 0.5) is 10.5 Å². The first kappa shape index (κ1) is 22.6. The van der Waals surface area contributed by atoms with Gasteiger partial charge in [-0.05, 0) is 72.1 Å². The molecule has 2 heterocycles. The number of furan rings is 1. The van der Waals surface area contributed by atoms with E-state index in [9.17, 15) is 9.59 Å². The summed E-state index contributed by atoms with van der Waals surface area (Å²) in [6, 6.07) is 18.5. The van der Waals surface area contributed by atoms with Crippen molar-refractivity contribution in [3.05, 3.63) is 76.5 Å². The highest BCUT2D eigenvalue weighted by Gasteiger charge is 2.27. The van der Waals surface area contributed by atoms with E-state index >= 15 is 0 Å². The number of fused-ring (bicyclic) bond motifs is 2. The van der Waals surface area contributed by atoms with Crippen LogP contribution in [0.5, 0.6) is 0 Å². The molecular formula is C26H23Cl2N3O3. The van der Waals surface area contributed by atoms with Crippen molar-refractivity contribution in [1.82, 2.24) is 10.2 Å². The molecule has 8 heteroatoms. The number of carbonyl (C=O) groups is 2. The Labute approximate surface area is 206 Å². The highest BCUT2D eigenvalue weighted by atomic mass is 35.5. The molecule has 0 spiro atoms. The van der Waals surface area contributed by atoms with Crippen LogP contribution in [0.25, 0.3) is 21.7 Å². The molecule has 0 radical (unpaired) electrons. The maximum atomic E-state index is 12.7. The molecule has 1 aliphatic rings. The molecule has 1 aliphatic heterocycles. The summed E-state index contributed by atoms with van der Waals surface area (Å²) in [6.07, 6.45) is 1.23. The SMILES string of the molecule is O=C(NCc1cc2cc(Cl)ccc2o1)C1CCN(C(=O)Nc2ccc3cc(Cl)ccc3c2)CC1. The molecule has 0 unspecified atom stereocenters. The quantitative estimate of drug-likeness (QED) is 0.341. The normalized spacial score (nSPS) is 14.5. The number of hydrogen-bond acceptors (Lipinski definition) is 3. The van der Waals surface area contributed by atoms with E-state index in [4.69, 9.17) is 27.6 Å². The maximum absolute atomic E-state index is 12.7. The third-order valence-corrected chi connectivity index (χ3v) is 6.64. The highest BCUT2D eigenvalue weighted by Crippen LogP contribution is 2.25. The summed E-state index contributed by atoms with van der Waals surface area (Å²) in [5, 5.41) is 10.2. The molecule has 5 rings (SSSR count). The minimum atomic E-state index is -0.159. The Kier molecular flexibility index (Phi) is 6.35. The van der Waals surface area contributed by atoms with Gasteiger partial charge in [0.2, 0.25) is 5.91 Å². The predicted molar refractivity (Wildman–Crippen MR) is 135 cm³/mol. The molecule has 0 bridgehead atoms. The van der Waals surface area contributed by atoms with E-state index in [-0.39, 0.29) is 17.9 Å². The van der Waals surface area contributed by atoms with E-state index in [2.05, 4.69) is 10.6 Å². The van der Waals surface area contributed by atoms with Crippen molar-refractivity contribution in [2.45, 2.75) is 19.4 Å². The number of anilines is 1. The Morgan fingerprint density at radius 1 is 0.882 bits per heavy atom. The molecule has 3 aromatic carbocycles.